The van der Waals surface area contributed by atoms with Gasteiger partial charge in [0.05, 0.1) is 18.1 Å². The molecule has 0 saturated heterocycles. The molecule has 120 valence electrons. The molecule has 0 aliphatic carbocycles. The SMILES string of the molecule is CO[C@@H]1O[C@@H](CO)[C@@H](OCc2ccccc2)C2=C1SCCS2. The topological polar surface area (TPSA) is 47.9 Å². The zero-order chi connectivity index (χ0) is 15.4. The highest BCUT2D eigenvalue weighted by Crippen LogP contribution is 2.44. The van der Waals surface area contributed by atoms with Crippen molar-refractivity contribution in [3.8, 4) is 0 Å². The van der Waals surface area contributed by atoms with E-state index in [1.165, 1.54) is 0 Å². The van der Waals surface area contributed by atoms with Crippen LogP contribution in [0.15, 0.2) is 40.1 Å². The molecule has 1 N–H and O–H groups in total. The maximum atomic E-state index is 9.66. The zero-order valence-electron chi connectivity index (χ0n) is 12.4. The lowest BCUT2D eigenvalue weighted by atomic mass is 10.1. The molecule has 2 aliphatic rings. The fraction of sp³-hybridized carbons (Fsp3) is 0.500. The Hall–Kier alpha value is -0.500. The van der Waals surface area contributed by atoms with Crippen molar-refractivity contribution in [2.45, 2.75) is 25.1 Å². The Labute approximate surface area is 139 Å². The van der Waals surface area contributed by atoms with E-state index < -0.39 is 6.10 Å². The van der Waals surface area contributed by atoms with Crippen LogP contribution in [-0.4, -0.2) is 48.8 Å². The van der Waals surface area contributed by atoms with Crippen LogP contribution >= 0.6 is 23.5 Å². The second-order valence-electron chi connectivity index (χ2n) is 5.07. The summed E-state index contributed by atoms with van der Waals surface area (Å²) in [4.78, 5) is 2.26. The van der Waals surface area contributed by atoms with Crippen molar-refractivity contribution in [3.05, 3.63) is 45.7 Å². The van der Waals surface area contributed by atoms with Crippen molar-refractivity contribution in [3.63, 3.8) is 0 Å². The summed E-state index contributed by atoms with van der Waals surface area (Å²) in [5.74, 6) is 2.09. The highest BCUT2D eigenvalue weighted by molar-refractivity contribution is 8.10. The summed E-state index contributed by atoms with van der Waals surface area (Å²) in [6.45, 7) is 0.423. The van der Waals surface area contributed by atoms with Gasteiger partial charge in [-0.05, 0) is 5.56 Å². The second-order valence-corrected chi connectivity index (χ2v) is 7.34. The van der Waals surface area contributed by atoms with Crippen LogP contribution in [0.4, 0.5) is 0 Å². The van der Waals surface area contributed by atoms with E-state index in [0.29, 0.717) is 6.61 Å². The molecule has 1 aromatic carbocycles. The lowest BCUT2D eigenvalue weighted by Gasteiger charge is -2.39. The molecule has 1 aromatic rings. The minimum atomic E-state index is -0.390. The average molecular weight is 340 g/mol. The van der Waals surface area contributed by atoms with Gasteiger partial charge in [0.25, 0.3) is 0 Å². The Morgan fingerprint density at radius 3 is 2.59 bits per heavy atom. The van der Waals surface area contributed by atoms with Crippen molar-refractivity contribution in [1.82, 2.24) is 0 Å². The predicted molar refractivity (Wildman–Crippen MR) is 89.7 cm³/mol. The van der Waals surface area contributed by atoms with Crippen molar-refractivity contribution in [2.75, 3.05) is 25.2 Å². The van der Waals surface area contributed by atoms with Gasteiger partial charge >= 0.3 is 0 Å². The van der Waals surface area contributed by atoms with Crippen LogP contribution in [0, 0.1) is 0 Å². The molecule has 0 unspecified atom stereocenters. The number of ether oxygens (including phenoxy) is 3. The first kappa shape index (κ1) is 16.4. The number of aliphatic hydroxyl groups is 1. The van der Waals surface area contributed by atoms with Gasteiger partial charge in [-0.25, -0.2) is 0 Å². The number of rotatable bonds is 5. The molecule has 0 spiro atoms. The molecular formula is C16H20O4S2. The highest BCUT2D eigenvalue weighted by atomic mass is 32.2. The third-order valence-corrected chi connectivity index (χ3v) is 6.31. The van der Waals surface area contributed by atoms with E-state index in [4.69, 9.17) is 14.2 Å². The van der Waals surface area contributed by atoms with Crippen LogP contribution in [0.2, 0.25) is 0 Å². The molecule has 0 radical (unpaired) electrons. The quantitative estimate of drug-likeness (QED) is 0.889. The van der Waals surface area contributed by atoms with E-state index in [2.05, 4.69) is 0 Å². The molecule has 0 saturated carbocycles. The van der Waals surface area contributed by atoms with Crippen LogP contribution in [0.25, 0.3) is 0 Å². The number of hydrogen-bond donors (Lipinski definition) is 1. The van der Waals surface area contributed by atoms with Crippen molar-refractivity contribution >= 4 is 23.5 Å². The maximum absolute atomic E-state index is 9.66. The van der Waals surface area contributed by atoms with Crippen molar-refractivity contribution in [2.24, 2.45) is 0 Å². The fourth-order valence-electron chi connectivity index (χ4n) is 2.56. The summed E-state index contributed by atoms with van der Waals surface area (Å²) in [6.07, 6.45) is -1.01. The van der Waals surface area contributed by atoms with Crippen LogP contribution in [-0.2, 0) is 20.8 Å². The molecule has 6 heteroatoms. The van der Waals surface area contributed by atoms with E-state index in [9.17, 15) is 5.11 Å². The lowest BCUT2D eigenvalue weighted by Crippen LogP contribution is -2.45. The second kappa shape index (κ2) is 7.86. The number of benzene rings is 1. The molecule has 4 nitrogen and oxygen atoms in total. The molecular weight excluding hydrogens is 320 g/mol. The smallest absolute Gasteiger partial charge is 0.190 e. The highest BCUT2D eigenvalue weighted by Gasteiger charge is 2.40. The van der Waals surface area contributed by atoms with Gasteiger partial charge in [-0.2, -0.15) is 0 Å². The van der Waals surface area contributed by atoms with E-state index in [1.807, 2.05) is 30.3 Å². The molecule has 0 fully saturated rings. The largest absolute Gasteiger partial charge is 0.394 e. The van der Waals surface area contributed by atoms with Crippen LogP contribution in [0.3, 0.4) is 0 Å². The van der Waals surface area contributed by atoms with Gasteiger partial charge < -0.3 is 19.3 Å². The third-order valence-electron chi connectivity index (χ3n) is 3.62. The van der Waals surface area contributed by atoms with Gasteiger partial charge in [0.15, 0.2) is 6.29 Å². The predicted octanol–water partition coefficient (Wildman–Crippen LogP) is 2.63. The molecule has 3 atom stereocenters. The minimum Gasteiger partial charge on any atom is -0.394 e. The van der Waals surface area contributed by atoms with E-state index in [0.717, 1.165) is 26.9 Å². The molecule has 0 aromatic heterocycles. The average Bonchev–Trinajstić information content (AvgIpc) is 2.60. The monoisotopic (exact) mass is 340 g/mol. The molecule has 3 rings (SSSR count). The maximum Gasteiger partial charge on any atom is 0.190 e. The number of thioether (sulfide) groups is 2. The minimum absolute atomic E-state index is 0.0820. The Balaban J connectivity index is 1.79. The fourth-order valence-corrected chi connectivity index (χ4v) is 5.19. The van der Waals surface area contributed by atoms with Gasteiger partial charge in [-0.3, -0.25) is 0 Å². The van der Waals surface area contributed by atoms with Crippen molar-refractivity contribution in [1.29, 1.82) is 0 Å². The Morgan fingerprint density at radius 1 is 1.18 bits per heavy atom. The Bertz CT molecular complexity index is 520. The van der Waals surface area contributed by atoms with Gasteiger partial charge in [0.2, 0.25) is 0 Å². The normalized spacial score (nSPS) is 28.5. The van der Waals surface area contributed by atoms with Crippen LogP contribution in [0.5, 0.6) is 0 Å². The third kappa shape index (κ3) is 3.53. The summed E-state index contributed by atoms with van der Waals surface area (Å²) < 4.78 is 17.4. The number of hydrogen-bond acceptors (Lipinski definition) is 6. The first-order valence-electron chi connectivity index (χ1n) is 7.27. The van der Waals surface area contributed by atoms with Gasteiger partial charge in [0, 0.05) is 23.5 Å². The summed E-state index contributed by atoms with van der Waals surface area (Å²) in [7, 11) is 1.63. The molecule has 0 amide bonds. The molecule has 0 bridgehead atoms. The van der Waals surface area contributed by atoms with E-state index in [1.54, 1.807) is 30.6 Å². The summed E-state index contributed by atoms with van der Waals surface area (Å²) in [5, 5.41) is 9.66. The molecule has 22 heavy (non-hydrogen) atoms. The Kier molecular flexibility index (Phi) is 5.84. The summed E-state index contributed by atoms with van der Waals surface area (Å²) in [6, 6.07) is 10.1. The van der Waals surface area contributed by atoms with Crippen molar-refractivity contribution < 1.29 is 19.3 Å². The zero-order valence-corrected chi connectivity index (χ0v) is 14.1. The number of methoxy groups -OCH3 is 1. The Morgan fingerprint density at radius 2 is 1.91 bits per heavy atom. The van der Waals surface area contributed by atoms with Gasteiger partial charge in [0.1, 0.15) is 12.2 Å². The van der Waals surface area contributed by atoms with E-state index >= 15 is 0 Å². The summed E-state index contributed by atoms with van der Waals surface area (Å²) >= 11 is 3.56. The van der Waals surface area contributed by atoms with Crippen LogP contribution in [0.1, 0.15) is 5.56 Å². The summed E-state index contributed by atoms with van der Waals surface area (Å²) in [5.41, 5.74) is 1.11. The lowest BCUT2D eigenvalue weighted by molar-refractivity contribution is -0.182. The first-order chi connectivity index (χ1) is 10.8. The van der Waals surface area contributed by atoms with Gasteiger partial charge in [-0.1, -0.05) is 30.3 Å². The van der Waals surface area contributed by atoms with E-state index in [-0.39, 0.29) is 19.0 Å². The standard InChI is InChI=1S/C16H20O4S2/c1-18-16-15-14(21-7-8-22-15)13(12(9-17)20-16)19-10-11-5-3-2-4-6-11/h2-6,12-13,16-17H,7-10H2,1H3/t12-,13+,16+/m0/s1. The van der Waals surface area contributed by atoms with Crippen LogP contribution < -0.4 is 0 Å². The number of aliphatic hydroxyl groups excluding tert-OH is 1. The van der Waals surface area contributed by atoms with Gasteiger partial charge in [-0.15, -0.1) is 23.5 Å². The first-order valence-corrected chi connectivity index (χ1v) is 9.25. The molecule has 2 aliphatic heterocycles. The molecule has 2 heterocycles.